The van der Waals surface area contributed by atoms with Gasteiger partial charge in [-0.05, 0) is 40.2 Å². The third-order valence-corrected chi connectivity index (χ3v) is 5.43. The van der Waals surface area contributed by atoms with Gasteiger partial charge in [-0.15, -0.1) is 0 Å². The molecule has 1 aliphatic rings. The van der Waals surface area contributed by atoms with E-state index < -0.39 is 5.60 Å². The molecule has 0 bridgehead atoms. The van der Waals surface area contributed by atoms with Crippen LogP contribution in [-0.4, -0.2) is 45.1 Å². The number of nitrogens with two attached hydrogens (primary N) is 1. The first-order chi connectivity index (χ1) is 13.4. The lowest BCUT2D eigenvalue weighted by atomic mass is 10.0. The molecule has 7 heteroatoms. The van der Waals surface area contributed by atoms with Gasteiger partial charge in [0.1, 0.15) is 11.3 Å². The summed E-state index contributed by atoms with van der Waals surface area (Å²) >= 11 is 3.46. The minimum Gasteiger partial charge on any atom is -0.382 e. The Labute approximate surface area is 170 Å². The molecule has 140 valence electrons. The molecule has 1 saturated heterocycles. The van der Waals surface area contributed by atoms with Crippen LogP contribution in [0.2, 0.25) is 0 Å². The van der Waals surface area contributed by atoms with E-state index in [2.05, 4.69) is 37.7 Å². The van der Waals surface area contributed by atoms with Gasteiger partial charge in [0.05, 0.1) is 5.69 Å². The number of anilines is 1. The number of likely N-dealkylation sites (N-methyl/N-ethyl adjacent to an activating group) is 1. The monoisotopic (exact) mass is 436 g/mol. The number of aromatic nitrogens is 2. The highest BCUT2D eigenvalue weighted by Gasteiger charge is 2.42. The summed E-state index contributed by atoms with van der Waals surface area (Å²) in [4.78, 5) is 22.3. The summed E-state index contributed by atoms with van der Waals surface area (Å²) in [6, 6.07) is 11.3. The standard InChI is InChI=1S/C21H17BrN4O2/c1-26-10-9-21(28,20(26)27)8-7-13-3-2-4-14(11-13)17-6-5-15-16(22)12-24-19(23)18(15)25-17/h2-6,11-12,28H,9-10H2,1H3,(H2,23,24)/t21-/m0/s1. The molecule has 3 heterocycles. The number of fused-ring (bicyclic) bond motifs is 1. The van der Waals surface area contributed by atoms with Crippen molar-refractivity contribution in [3.63, 3.8) is 0 Å². The van der Waals surface area contributed by atoms with Crippen LogP contribution >= 0.6 is 15.9 Å². The Kier molecular flexibility index (Phi) is 4.53. The van der Waals surface area contributed by atoms with Gasteiger partial charge in [-0.25, -0.2) is 9.97 Å². The number of halogens is 1. The molecule has 3 N–H and O–H groups in total. The minimum absolute atomic E-state index is 0.308. The van der Waals surface area contributed by atoms with Crippen molar-refractivity contribution in [3.05, 3.63) is 52.6 Å². The third kappa shape index (κ3) is 3.21. The molecule has 0 saturated carbocycles. The zero-order valence-electron chi connectivity index (χ0n) is 15.1. The number of carbonyl (C=O) groups is 1. The molecule has 28 heavy (non-hydrogen) atoms. The molecule has 2 aromatic heterocycles. The molecule has 0 aliphatic carbocycles. The Bertz CT molecular complexity index is 1170. The van der Waals surface area contributed by atoms with Crippen molar-refractivity contribution >= 4 is 38.6 Å². The maximum atomic E-state index is 12.1. The highest BCUT2D eigenvalue weighted by Crippen LogP contribution is 2.28. The number of rotatable bonds is 1. The molecular weight excluding hydrogens is 420 g/mol. The fraction of sp³-hybridized carbons (Fsp3) is 0.190. The summed E-state index contributed by atoms with van der Waals surface area (Å²) in [7, 11) is 1.66. The van der Waals surface area contributed by atoms with Gasteiger partial charge >= 0.3 is 0 Å². The summed E-state index contributed by atoms with van der Waals surface area (Å²) in [5.74, 6) is 5.67. The molecule has 6 nitrogen and oxygen atoms in total. The number of amides is 1. The second kappa shape index (κ2) is 6.89. The highest BCUT2D eigenvalue weighted by atomic mass is 79.9. The fourth-order valence-electron chi connectivity index (χ4n) is 3.17. The van der Waals surface area contributed by atoms with Gasteiger partial charge in [0.2, 0.25) is 5.60 Å². The van der Waals surface area contributed by atoms with Gasteiger partial charge in [-0.1, -0.05) is 24.0 Å². The van der Waals surface area contributed by atoms with Gasteiger partial charge < -0.3 is 15.7 Å². The second-order valence-corrected chi connectivity index (χ2v) is 7.61. The summed E-state index contributed by atoms with van der Waals surface area (Å²) in [5, 5.41) is 11.3. The Hall–Kier alpha value is -2.95. The van der Waals surface area contributed by atoms with Crippen LogP contribution in [-0.2, 0) is 4.79 Å². The summed E-state index contributed by atoms with van der Waals surface area (Å²) < 4.78 is 0.829. The Morgan fingerprint density at radius 1 is 1.32 bits per heavy atom. The van der Waals surface area contributed by atoms with Gasteiger partial charge in [-0.2, -0.15) is 0 Å². The van der Waals surface area contributed by atoms with Crippen LogP contribution in [0.15, 0.2) is 47.1 Å². The normalized spacial score (nSPS) is 19.0. The topological polar surface area (TPSA) is 92.3 Å². The molecule has 1 amide bonds. The van der Waals surface area contributed by atoms with E-state index in [1.165, 1.54) is 4.90 Å². The quantitative estimate of drug-likeness (QED) is 0.571. The first-order valence-corrected chi connectivity index (χ1v) is 9.49. The predicted octanol–water partition coefficient (Wildman–Crippen LogP) is 2.59. The van der Waals surface area contributed by atoms with Crippen molar-refractivity contribution in [1.29, 1.82) is 0 Å². The van der Waals surface area contributed by atoms with Crippen LogP contribution in [0.5, 0.6) is 0 Å². The minimum atomic E-state index is -1.61. The van der Waals surface area contributed by atoms with Crippen LogP contribution in [0.4, 0.5) is 5.82 Å². The highest BCUT2D eigenvalue weighted by molar-refractivity contribution is 9.10. The molecule has 1 aliphatic heterocycles. The molecule has 0 radical (unpaired) electrons. The number of hydrogen-bond donors (Lipinski definition) is 2. The summed E-state index contributed by atoms with van der Waals surface area (Å²) in [6.07, 6.45) is 1.96. The van der Waals surface area contributed by atoms with E-state index in [1.807, 2.05) is 36.4 Å². The Morgan fingerprint density at radius 3 is 2.89 bits per heavy atom. The van der Waals surface area contributed by atoms with E-state index >= 15 is 0 Å². The number of aliphatic hydroxyl groups is 1. The molecule has 1 fully saturated rings. The van der Waals surface area contributed by atoms with Crippen LogP contribution in [0.25, 0.3) is 22.2 Å². The summed E-state index contributed by atoms with van der Waals surface area (Å²) in [6.45, 7) is 0.496. The molecule has 4 rings (SSSR count). The number of benzene rings is 1. The smallest absolute Gasteiger partial charge is 0.267 e. The molecule has 3 aromatic rings. The van der Waals surface area contributed by atoms with Crippen LogP contribution < -0.4 is 5.73 Å². The average molecular weight is 437 g/mol. The van der Waals surface area contributed by atoms with E-state index in [9.17, 15) is 9.90 Å². The first kappa shape index (κ1) is 18.4. The largest absolute Gasteiger partial charge is 0.382 e. The first-order valence-electron chi connectivity index (χ1n) is 8.70. The predicted molar refractivity (Wildman–Crippen MR) is 111 cm³/mol. The Morgan fingerprint density at radius 2 is 2.14 bits per heavy atom. The molecule has 1 atom stereocenters. The number of pyridine rings is 2. The molecule has 0 unspecified atom stereocenters. The van der Waals surface area contributed by atoms with Crippen molar-refractivity contribution < 1.29 is 9.90 Å². The van der Waals surface area contributed by atoms with Crippen LogP contribution in [0, 0.1) is 11.8 Å². The number of nitrogen functional groups attached to an aromatic ring is 1. The number of likely N-dealkylation sites (tertiary alicyclic amines) is 1. The molecule has 0 spiro atoms. The van der Waals surface area contributed by atoms with Crippen molar-refractivity contribution in [2.45, 2.75) is 12.0 Å². The number of hydrogen-bond acceptors (Lipinski definition) is 5. The van der Waals surface area contributed by atoms with Gasteiger partial charge in [0.15, 0.2) is 0 Å². The molecule has 1 aromatic carbocycles. The average Bonchev–Trinajstić information content (AvgIpc) is 2.97. The van der Waals surface area contributed by atoms with E-state index in [0.29, 0.717) is 29.9 Å². The van der Waals surface area contributed by atoms with E-state index in [-0.39, 0.29) is 5.91 Å². The zero-order valence-corrected chi connectivity index (χ0v) is 16.7. The molecular formula is C21H17BrN4O2. The van der Waals surface area contributed by atoms with Gasteiger partial charge in [0, 0.05) is 47.2 Å². The van der Waals surface area contributed by atoms with Crippen molar-refractivity contribution in [1.82, 2.24) is 14.9 Å². The maximum Gasteiger partial charge on any atom is 0.267 e. The van der Waals surface area contributed by atoms with Gasteiger partial charge in [-0.3, -0.25) is 4.79 Å². The fourth-order valence-corrected chi connectivity index (χ4v) is 3.59. The second-order valence-electron chi connectivity index (χ2n) is 6.75. The van der Waals surface area contributed by atoms with E-state index in [4.69, 9.17) is 5.73 Å². The lowest BCUT2D eigenvalue weighted by Gasteiger charge is -2.13. The van der Waals surface area contributed by atoms with Crippen molar-refractivity contribution in [3.8, 4) is 23.1 Å². The van der Waals surface area contributed by atoms with Crippen molar-refractivity contribution in [2.75, 3.05) is 19.3 Å². The van der Waals surface area contributed by atoms with Crippen LogP contribution in [0.1, 0.15) is 12.0 Å². The lowest BCUT2D eigenvalue weighted by molar-refractivity contribution is -0.137. The van der Waals surface area contributed by atoms with Crippen LogP contribution in [0.3, 0.4) is 0 Å². The third-order valence-electron chi connectivity index (χ3n) is 4.79. The van der Waals surface area contributed by atoms with E-state index in [0.717, 1.165) is 21.1 Å². The summed E-state index contributed by atoms with van der Waals surface area (Å²) in [5.41, 5.74) is 7.27. The number of nitrogens with zero attached hydrogens (tertiary/aromatic N) is 3. The van der Waals surface area contributed by atoms with E-state index in [1.54, 1.807) is 13.2 Å². The Balaban J connectivity index is 1.71. The number of carbonyl (C=O) groups excluding carboxylic acids is 1. The van der Waals surface area contributed by atoms with Gasteiger partial charge in [0.25, 0.3) is 5.91 Å². The zero-order chi connectivity index (χ0) is 19.9. The maximum absolute atomic E-state index is 12.1. The lowest BCUT2D eigenvalue weighted by Crippen LogP contribution is -2.37. The SMILES string of the molecule is CN1CC[C@@](O)(C#Cc2cccc(-c3ccc4c(Br)cnc(N)c4n3)c2)C1=O. The van der Waals surface area contributed by atoms with Crippen molar-refractivity contribution in [2.24, 2.45) is 0 Å².